The van der Waals surface area contributed by atoms with E-state index in [4.69, 9.17) is 14.5 Å². The number of imidazole rings is 1. The van der Waals surface area contributed by atoms with Crippen molar-refractivity contribution in [1.29, 1.82) is 0 Å². The molecule has 0 radical (unpaired) electrons. The van der Waals surface area contributed by atoms with E-state index in [-0.39, 0.29) is 12.1 Å². The van der Waals surface area contributed by atoms with Gasteiger partial charge in [0.25, 0.3) is 0 Å². The Morgan fingerprint density at radius 2 is 1.76 bits per heavy atom. The van der Waals surface area contributed by atoms with Crippen LogP contribution in [0, 0.1) is 0 Å². The summed E-state index contributed by atoms with van der Waals surface area (Å²) in [5.74, 6) is 2.20. The topological polar surface area (TPSA) is 101 Å². The normalized spacial score (nSPS) is 11.7. The van der Waals surface area contributed by atoms with E-state index in [0.29, 0.717) is 31.0 Å². The lowest BCUT2D eigenvalue weighted by molar-refractivity contribution is 0.236. The maximum Gasteiger partial charge on any atom is 0.315 e. The fourth-order valence-corrected chi connectivity index (χ4v) is 3.54. The number of benzene rings is 2. The third-order valence-corrected chi connectivity index (χ3v) is 5.34. The first-order chi connectivity index (χ1) is 16.1. The molecular formula is C25H27N5O3. The Labute approximate surface area is 192 Å². The maximum atomic E-state index is 12.7. The molecule has 8 heteroatoms. The smallest absolute Gasteiger partial charge is 0.315 e. The predicted octanol–water partition coefficient (Wildman–Crippen LogP) is 3.80. The molecule has 8 nitrogen and oxygen atoms in total. The lowest BCUT2D eigenvalue weighted by atomic mass is 10.1. The molecule has 0 saturated heterocycles. The molecule has 0 fully saturated rings. The van der Waals surface area contributed by atoms with Crippen molar-refractivity contribution in [2.75, 3.05) is 20.8 Å². The Kier molecular flexibility index (Phi) is 7.04. The van der Waals surface area contributed by atoms with Crippen molar-refractivity contribution in [3.05, 3.63) is 83.9 Å². The molecule has 2 amide bonds. The molecule has 2 heterocycles. The highest BCUT2D eigenvalue weighted by molar-refractivity contribution is 5.76. The van der Waals surface area contributed by atoms with E-state index in [0.717, 1.165) is 28.0 Å². The number of carbonyl (C=O) groups excluding carboxylic acids is 1. The monoisotopic (exact) mass is 445 g/mol. The van der Waals surface area contributed by atoms with Gasteiger partial charge in [-0.25, -0.2) is 9.78 Å². The molecular weight excluding hydrogens is 418 g/mol. The molecule has 0 aliphatic rings. The summed E-state index contributed by atoms with van der Waals surface area (Å²) in [5.41, 5.74) is 3.73. The number of urea groups is 1. The Balaban J connectivity index is 1.43. The van der Waals surface area contributed by atoms with Crippen LogP contribution in [0.3, 0.4) is 0 Å². The molecule has 0 aliphatic carbocycles. The van der Waals surface area contributed by atoms with Gasteiger partial charge in [-0.1, -0.05) is 24.3 Å². The van der Waals surface area contributed by atoms with Crippen molar-refractivity contribution in [1.82, 2.24) is 25.6 Å². The molecule has 0 saturated carbocycles. The molecule has 3 N–H and O–H groups in total. The second kappa shape index (κ2) is 10.5. The van der Waals surface area contributed by atoms with Crippen molar-refractivity contribution in [3.63, 3.8) is 0 Å². The predicted molar refractivity (Wildman–Crippen MR) is 127 cm³/mol. The number of ether oxygens (including phenoxy) is 2. The minimum Gasteiger partial charge on any atom is -0.497 e. The van der Waals surface area contributed by atoms with Gasteiger partial charge < -0.3 is 25.1 Å². The third-order valence-electron chi connectivity index (χ3n) is 5.34. The van der Waals surface area contributed by atoms with Crippen molar-refractivity contribution in [2.24, 2.45) is 0 Å². The standard InChI is InChI=1S/C25H27N5O3/c1-32-19-10-7-17(8-11-19)15-23(24-28-21-5-3-4-6-22(21)29-24)30-25(31)26-14-13-18-9-12-20(33-2)16-27-18/h3-12,16,23H,13-15H2,1-2H3,(H,28,29)(H2,26,30,31)/t23-/m1/s1. The summed E-state index contributed by atoms with van der Waals surface area (Å²) in [7, 11) is 3.24. The highest BCUT2D eigenvalue weighted by atomic mass is 16.5. The number of nitrogens with one attached hydrogen (secondary N) is 3. The van der Waals surface area contributed by atoms with Crippen molar-refractivity contribution >= 4 is 17.1 Å². The zero-order chi connectivity index (χ0) is 23.0. The Morgan fingerprint density at radius 3 is 2.45 bits per heavy atom. The first-order valence-electron chi connectivity index (χ1n) is 10.8. The van der Waals surface area contributed by atoms with Crippen LogP contribution in [-0.4, -0.2) is 41.7 Å². The summed E-state index contributed by atoms with van der Waals surface area (Å²) in [6, 6.07) is 18.8. The molecule has 2 aromatic carbocycles. The number of H-pyrrole nitrogens is 1. The van der Waals surface area contributed by atoms with Gasteiger partial charge in [0.15, 0.2) is 0 Å². The second-order valence-corrected chi connectivity index (χ2v) is 7.58. The number of hydrogen-bond donors (Lipinski definition) is 3. The number of nitrogens with zero attached hydrogens (tertiary/aromatic N) is 2. The van der Waals surface area contributed by atoms with Crippen LogP contribution in [0.2, 0.25) is 0 Å². The largest absolute Gasteiger partial charge is 0.497 e. The number of rotatable bonds is 9. The number of carbonyl (C=O) groups is 1. The summed E-state index contributed by atoms with van der Waals surface area (Å²) in [4.78, 5) is 25.1. The van der Waals surface area contributed by atoms with Gasteiger partial charge >= 0.3 is 6.03 Å². The van der Waals surface area contributed by atoms with Gasteiger partial charge in [-0.3, -0.25) is 4.98 Å². The number of pyridine rings is 1. The molecule has 0 bridgehead atoms. The van der Waals surface area contributed by atoms with Crippen molar-refractivity contribution in [2.45, 2.75) is 18.9 Å². The Morgan fingerprint density at radius 1 is 1.00 bits per heavy atom. The molecule has 170 valence electrons. The highest BCUT2D eigenvalue weighted by Crippen LogP contribution is 2.21. The highest BCUT2D eigenvalue weighted by Gasteiger charge is 2.19. The van der Waals surface area contributed by atoms with Gasteiger partial charge in [0, 0.05) is 18.7 Å². The van der Waals surface area contributed by atoms with Crippen LogP contribution in [0.5, 0.6) is 11.5 Å². The van der Waals surface area contributed by atoms with Crippen molar-refractivity contribution in [3.8, 4) is 11.5 Å². The van der Waals surface area contributed by atoms with E-state index in [1.54, 1.807) is 20.4 Å². The van der Waals surface area contributed by atoms with Gasteiger partial charge in [0.05, 0.1) is 37.5 Å². The summed E-state index contributed by atoms with van der Waals surface area (Å²) >= 11 is 0. The average Bonchev–Trinajstić information content (AvgIpc) is 3.29. The van der Waals surface area contributed by atoms with Crippen LogP contribution in [0.4, 0.5) is 4.79 Å². The minimum atomic E-state index is -0.329. The third kappa shape index (κ3) is 5.79. The van der Waals surface area contributed by atoms with E-state index in [2.05, 4.69) is 20.6 Å². The van der Waals surface area contributed by atoms with Gasteiger partial charge in [-0.15, -0.1) is 0 Å². The Bertz CT molecular complexity index is 1160. The van der Waals surface area contributed by atoms with Gasteiger partial charge in [0.2, 0.25) is 0 Å². The number of fused-ring (bicyclic) bond motifs is 1. The first kappa shape index (κ1) is 22.1. The number of aromatic amines is 1. The van der Waals surface area contributed by atoms with E-state index in [1.807, 2.05) is 60.7 Å². The SMILES string of the molecule is COc1ccc(C[C@@H](NC(=O)NCCc2ccc(OC)cn2)c2nc3ccccc3[nH]2)cc1. The van der Waals surface area contributed by atoms with Crippen LogP contribution >= 0.6 is 0 Å². The first-order valence-corrected chi connectivity index (χ1v) is 10.8. The van der Waals surface area contributed by atoms with E-state index in [1.165, 1.54) is 0 Å². The number of hydrogen-bond acceptors (Lipinski definition) is 5. The molecule has 4 rings (SSSR count). The van der Waals surface area contributed by atoms with Gasteiger partial charge in [-0.05, 0) is 48.4 Å². The summed E-state index contributed by atoms with van der Waals surface area (Å²) in [5, 5.41) is 5.98. The molecule has 0 aliphatic heterocycles. The minimum absolute atomic E-state index is 0.262. The van der Waals surface area contributed by atoms with E-state index >= 15 is 0 Å². The quantitative estimate of drug-likeness (QED) is 0.364. The molecule has 2 aromatic heterocycles. The molecule has 0 spiro atoms. The number of aromatic nitrogens is 3. The lowest BCUT2D eigenvalue weighted by Crippen LogP contribution is -2.40. The molecule has 0 unspecified atom stereocenters. The van der Waals surface area contributed by atoms with E-state index < -0.39 is 0 Å². The van der Waals surface area contributed by atoms with Crippen LogP contribution in [0.15, 0.2) is 66.9 Å². The van der Waals surface area contributed by atoms with Crippen LogP contribution in [-0.2, 0) is 12.8 Å². The molecule has 4 aromatic rings. The fraction of sp³-hybridized carbons (Fsp3) is 0.240. The summed E-state index contributed by atoms with van der Waals surface area (Å²) < 4.78 is 10.4. The van der Waals surface area contributed by atoms with Crippen LogP contribution in [0.1, 0.15) is 23.1 Å². The number of methoxy groups -OCH3 is 2. The van der Waals surface area contributed by atoms with Crippen LogP contribution in [0.25, 0.3) is 11.0 Å². The number of para-hydroxylation sites is 2. The summed E-state index contributed by atoms with van der Waals surface area (Å²) in [6.07, 6.45) is 2.87. The van der Waals surface area contributed by atoms with Gasteiger partial charge in [0.1, 0.15) is 17.3 Å². The summed E-state index contributed by atoms with van der Waals surface area (Å²) in [6.45, 7) is 0.459. The van der Waals surface area contributed by atoms with Crippen molar-refractivity contribution < 1.29 is 14.3 Å². The zero-order valence-corrected chi connectivity index (χ0v) is 18.7. The average molecular weight is 446 g/mol. The molecule has 33 heavy (non-hydrogen) atoms. The lowest BCUT2D eigenvalue weighted by Gasteiger charge is -2.18. The maximum absolute atomic E-state index is 12.7. The number of amides is 2. The molecule has 1 atom stereocenters. The fourth-order valence-electron chi connectivity index (χ4n) is 3.54. The second-order valence-electron chi connectivity index (χ2n) is 7.58. The van der Waals surface area contributed by atoms with Gasteiger partial charge in [-0.2, -0.15) is 0 Å². The Hall–Kier alpha value is -4.07. The zero-order valence-electron chi connectivity index (χ0n) is 18.7. The van der Waals surface area contributed by atoms with Crippen LogP contribution < -0.4 is 20.1 Å². The van der Waals surface area contributed by atoms with E-state index in [9.17, 15) is 4.79 Å².